The number of aromatic nitrogens is 2. The van der Waals surface area contributed by atoms with Crippen LogP contribution in [0.1, 0.15) is 32.2 Å². The second kappa shape index (κ2) is 8.33. The van der Waals surface area contributed by atoms with E-state index in [9.17, 15) is 4.21 Å². The second-order valence-electron chi connectivity index (χ2n) is 8.75. The molecule has 4 rings (SSSR count). The molecule has 0 saturated carbocycles. The number of hydrogen-bond donors (Lipinski definition) is 1. The first kappa shape index (κ1) is 21.9. The molecule has 0 saturated heterocycles. The number of rotatable bonds is 3. The fraction of sp³-hybridized carbons (Fsp3) is 0.364. The summed E-state index contributed by atoms with van der Waals surface area (Å²) in [5.41, 5.74) is 7.73. The number of fused-ring (bicyclic) bond motifs is 1. The lowest BCUT2D eigenvalue weighted by Gasteiger charge is -2.26. The Hall–Kier alpha value is -2.29. The first-order valence-corrected chi connectivity index (χ1v) is 11.6. The smallest absolute Gasteiger partial charge is 0.232 e. The van der Waals surface area contributed by atoms with E-state index in [1.165, 1.54) is 6.07 Å². The van der Waals surface area contributed by atoms with Gasteiger partial charge in [0.05, 0.1) is 26.9 Å². The average Bonchev–Trinajstić information content (AvgIpc) is 3.15. The van der Waals surface area contributed by atoms with E-state index in [4.69, 9.17) is 21.9 Å². The Kier molecular flexibility index (Phi) is 5.89. The molecule has 1 aromatic heterocycles. The zero-order valence-electron chi connectivity index (χ0n) is 17.6. The first-order valence-electron chi connectivity index (χ1n) is 9.93. The van der Waals surface area contributed by atoms with Crippen LogP contribution in [-0.2, 0) is 22.8 Å². The Labute approximate surface area is 188 Å². The van der Waals surface area contributed by atoms with Crippen LogP contribution in [0.25, 0.3) is 11.4 Å². The highest BCUT2D eigenvalue weighted by atomic mass is 35.5. The van der Waals surface area contributed by atoms with Crippen molar-refractivity contribution < 1.29 is 13.1 Å². The molecule has 0 spiro atoms. The van der Waals surface area contributed by atoms with Crippen molar-refractivity contribution in [3.05, 3.63) is 58.7 Å². The number of nitrogens with zero attached hydrogens (tertiary/aromatic N) is 3. The molecule has 31 heavy (non-hydrogen) atoms. The molecule has 1 aliphatic rings. The van der Waals surface area contributed by atoms with Crippen molar-refractivity contribution in [1.82, 2.24) is 10.1 Å². The van der Waals surface area contributed by atoms with Crippen LogP contribution in [0.2, 0.25) is 5.02 Å². The second-order valence-corrected chi connectivity index (χ2v) is 10.7. The normalized spacial score (nSPS) is 19.2. The summed E-state index contributed by atoms with van der Waals surface area (Å²) in [6.45, 7) is 6.81. The fourth-order valence-electron chi connectivity index (χ4n) is 3.46. The summed E-state index contributed by atoms with van der Waals surface area (Å²) in [4.78, 5) is 6.82. The maximum Gasteiger partial charge on any atom is 0.232 e. The van der Waals surface area contributed by atoms with E-state index in [1.807, 2.05) is 49.9 Å². The van der Waals surface area contributed by atoms with Crippen molar-refractivity contribution in [2.75, 3.05) is 17.2 Å². The van der Waals surface area contributed by atoms with Crippen molar-refractivity contribution in [3.8, 4) is 11.4 Å². The van der Waals surface area contributed by atoms with Gasteiger partial charge in [0.25, 0.3) is 0 Å². The maximum atomic E-state index is 15.1. The highest BCUT2D eigenvalue weighted by molar-refractivity contribution is 7.85. The molecule has 0 radical (unpaired) electrons. The Morgan fingerprint density at radius 1 is 1.29 bits per heavy atom. The lowest BCUT2D eigenvalue weighted by molar-refractivity contribution is 0.321. The first-order chi connectivity index (χ1) is 14.6. The van der Waals surface area contributed by atoms with Gasteiger partial charge in [0.2, 0.25) is 11.7 Å². The van der Waals surface area contributed by atoms with Crippen LogP contribution in [0, 0.1) is 5.82 Å². The number of halogens is 2. The van der Waals surface area contributed by atoms with Crippen LogP contribution in [0.4, 0.5) is 10.1 Å². The highest BCUT2D eigenvalue weighted by Gasteiger charge is 2.29. The van der Waals surface area contributed by atoms with Gasteiger partial charge in [-0.25, -0.2) is 4.39 Å². The van der Waals surface area contributed by atoms with Gasteiger partial charge < -0.3 is 15.2 Å². The lowest BCUT2D eigenvalue weighted by Crippen LogP contribution is -2.38. The van der Waals surface area contributed by atoms with E-state index >= 15 is 4.39 Å². The summed E-state index contributed by atoms with van der Waals surface area (Å²) in [6.07, 6.45) is 0. The number of hydrogen-bond acceptors (Lipinski definition) is 6. The minimum Gasteiger partial charge on any atom is -0.365 e. The SMILES string of the molecule is CC(C)(C)c1nc(-c2cc3c(cc2F)S(=O)C[C@H](N)CN3Cc2ccc(Cl)cc2)no1. The third-order valence-electron chi connectivity index (χ3n) is 5.05. The Balaban J connectivity index is 1.79. The third-order valence-corrected chi connectivity index (χ3v) is 6.85. The molecule has 0 bridgehead atoms. The molecule has 6 nitrogen and oxygen atoms in total. The molecule has 2 aromatic carbocycles. The third kappa shape index (κ3) is 4.66. The zero-order chi connectivity index (χ0) is 22.3. The van der Waals surface area contributed by atoms with Gasteiger partial charge in [-0.3, -0.25) is 4.21 Å². The molecule has 3 aromatic rings. The highest BCUT2D eigenvalue weighted by Crippen LogP contribution is 2.35. The maximum absolute atomic E-state index is 15.1. The molecule has 1 aliphatic heterocycles. The van der Waals surface area contributed by atoms with Gasteiger partial charge in [-0.15, -0.1) is 0 Å². The Bertz CT molecular complexity index is 1130. The standard InChI is InChI=1S/C22H24ClFN4O2S/c1-22(2,3)21-26-20(27-30-21)16-8-18-19(9-17(16)24)31(29)12-15(25)11-28(18)10-13-4-6-14(23)7-5-13/h4-9,15H,10-12,25H2,1-3H3/t15-,31?/m1/s1. The summed E-state index contributed by atoms with van der Waals surface area (Å²) in [5, 5.41) is 4.63. The molecule has 1 unspecified atom stereocenters. The predicted molar refractivity (Wildman–Crippen MR) is 120 cm³/mol. The van der Waals surface area contributed by atoms with E-state index in [0.717, 1.165) is 5.56 Å². The Morgan fingerprint density at radius 2 is 2.00 bits per heavy atom. The molecule has 0 aliphatic carbocycles. The topological polar surface area (TPSA) is 85.3 Å². The molecule has 2 atom stereocenters. The predicted octanol–water partition coefficient (Wildman–Crippen LogP) is 4.28. The summed E-state index contributed by atoms with van der Waals surface area (Å²) in [5.74, 6) is 0.297. The van der Waals surface area contributed by atoms with E-state index < -0.39 is 16.6 Å². The average molecular weight is 463 g/mol. The van der Waals surface area contributed by atoms with Crippen molar-refractivity contribution in [2.24, 2.45) is 5.73 Å². The van der Waals surface area contributed by atoms with Crippen LogP contribution in [0.15, 0.2) is 45.8 Å². The van der Waals surface area contributed by atoms with Crippen molar-refractivity contribution in [3.63, 3.8) is 0 Å². The summed E-state index contributed by atoms with van der Waals surface area (Å²) in [6, 6.07) is 10.1. The minimum atomic E-state index is -1.42. The molecular formula is C22H24ClFN4O2S. The van der Waals surface area contributed by atoms with Crippen LogP contribution in [0.5, 0.6) is 0 Å². The van der Waals surface area contributed by atoms with Gasteiger partial charge in [0.1, 0.15) is 5.82 Å². The zero-order valence-corrected chi connectivity index (χ0v) is 19.1. The summed E-state index contributed by atoms with van der Waals surface area (Å²) in [7, 11) is -1.42. The molecule has 9 heteroatoms. The van der Waals surface area contributed by atoms with Crippen molar-refractivity contribution in [2.45, 2.75) is 43.7 Å². The van der Waals surface area contributed by atoms with Crippen LogP contribution < -0.4 is 10.6 Å². The summed E-state index contributed by atoms with van der Waals surface area (Å²) >= 11 is 6.01. The largest absolute Gasteiger partial charge is 0.365 e. The molecule has 2 heterocycles. The van der Waals surface area contributed by atoms with Gasteiger partial charge in [0.15, 0.2) is 0 Å². The van der Waals surface area contributed by atoms with E-state index in [-0.39, 0.29) is 28.6 Å². The molecule has 0 amide bonds. The van der Waals surface area contributed by atoms with Crippen LogP contribution in [-0.4, -0.2) is 32.7 Å². The minimum absolute atomic E-state index is 0.163. The number of anilines is 1. The quantitative estimate of drug-likeness (QED) is 0.625. The fourth-order valence-corrected chi connectivity index (χ4v) is 4.92. The number of benzene rings is 2. The van der Waals surface area contributed by atoms with E-state index in [1.54, 1.807) is 6.07 Å². The van der Waals surface area contributed by atoms with Crippen molar-refractivity contribution >= 4 is 28.1 Å². The molecule has 2 N–H and O–H groups in total. The van der Waals surface area contributed by atoms with E-state index in [0.29, 0.717) is 34.6 Å². The molecule has 164 valence electrons. The molecular weight excluding hydrogens is 439 g/mol. The Morgan fingerprint density at radius 3 is 2.65 bits per heavy atom. The van der Waals surface area contributed by atoms with Gasteiger partial charge in [-0.2, -0.15) is 4.98 Å². The number of nitrogens with two attached hydrogens (primary N) is 1. The monoisotopic (exact) mass is 462 g/mol. The van der Waals surface area contributed by atoms with Gasteiger partial charge >= 0.3 is 0 Å². The van der Waals surface area contributed by atoms with Crippen LogP contribution >= 0.6 is 11.6 Å². The van der Waals surface area contributed by atoms with Gasteiger partial charge in [-0.1, -0.05) is 49.7 Å². The van der Waals surface area contributed by atoms with Gasteiger partial charge in [0, 0.05) is 35.3 Å². The van der Waals surface area contributed by atoms with Gasteiger partial charge in [-0.05, 0) is 29.8 Å². The molecule has 0 fully saturated rings. The summed E-state index contributed by atoms with van der Waals surface area (Å²) < 4.78 is 33.3. The van der Waals surface area contributed by atoms with E-state index in [2.05, 4.69) is 10.1 Å². The lowest BCUT2D eigenvalue weighted by atomic mass is 9.97. The van der Waals surface area contributed by atoms with Crippen LogP contribution in [0.3, 0.4) is 0 Å². The van der Waals surface area contributed by atoms with Crippen molar-refractivity contribution in [1.29, 1.82) is 0 Å².